The van der Waals surface area contributed by atoms with E-state index < -0.39 is 0 Å². The number of fused-ring (bicyclic) bond motifs is 2. The molecule has 2 aliphatic heterocycles. The Morgan fingerprint density at radius 3 is 2.44 bits per heavy atom. The average Bonchev–Trinajstić information content (AvgIpc) is 2.60. The number of unbranched alkanes of at least 4 members (excludes halogenated alkanes) is 2. The van der Waals surface area contributed by atoms with Gasteiger partial charge in [-0.2, -0.15) is 0 Å². The molecular weight excluding hydrogens is 220 g/mol. The fourth-order valence-electron chi connectivity index (χ4n) is 3.86. The smallest absolute Gasteiger partial charge is 0.00988 e. The van der Waals surface area contributed by atoms with E-state index in [1.165, 1.54) is 57.9 Å². The number of piperidine rings is 1. The van der Waals surface area contributed by atoms with Gasteiger partial charge in [-0.05, 0) is 58.5 Å². The van der Waals surface area contributed by atoms with Gasteiger partial charge in [-0.15, -0.1) is 0 Å². The SMILES string of the molecule is CCCCCC(C)NCC1CC2CCC(C1)N2C. The van der Waals surface area contributed by atoms with Crippen LogP contribution in [0.1, 0.15) is 65.2 Å². The van der Waals surface area contributed by atoms with Gasteiger partial charge in [0.1, 0.15) is 0 Å². The summed E-state index contributed by atoms with van der Waals surface area (Å²) in [5, 5.41) is 3.78. The molecule has 18 heavy (non-hydrogen) atoms. The molecule has 0 aliphatic carbocycles. The molecule has 0 aromatic rings. The highest BCUT2D eigenvalue weighted by Crippen LogP contribution is 2.37. The molecule has 2 fully saturated rings. The molecule has 2 nitrogen and oxygen atoms in total. The maximum atomic E-state index is 3.78. The first-order chi connectivity index (χ1) is 8.70. The molecule has 2 heterocycles. The lowest BCUT2D eigenvalue weighted by Crippen LogP contribution is -2.43. The molecule has 3 unspecified atom stereocenters. The third-order valence-corrected chi connectivity index (χ3v) is 5.19. The van der Waals surface area contributed by atoms with Gasteiger partial charge in [0.2, 0.25) is 0 Å². The van der Waals surface area contributed by atoms with Crippen LogP contribution in [0, 0.1) is 5.92 Å². The van der Waals surface area contributed by atoms with Crippen LogP contribution in [0.25, 0.3) is 0 Å². The third-order valence-electron chi connectivity index (χ3n) is 5.19. The monoisotopic (exact) mass is 252 g/mol. The molecule has 2 saturated heterocycles. The van der Waals surface area contributed by atoms with Crippen LogP contribution in [-0.2, 0) is 0 Å². The zero-order valence-corrected chi connectivity index (χ0v) is 12.6. The van der Waals surface area contributed by atoms with Gasteiger partial charge in [0, 0.05) is 18.1 Å². The summed E-state index contributed by atoms with van der Waals surface area (Å²) < 4.78 is 0. The second kappa shape index (κ2) is 6.91. The molecule has 2 aliphatic rings. The Morgan fingerprint density at radius 2 is 1.83 bits per heavy atom. The molecule has 0 spiro atoms. The lowest BCUT2D eigenvalue weighted by atomic mass is 9.91. The van der Waals surface area contributed by atoms with Gasteiger partial charge in [-0.1, -0.05) is 26.2 Å². The Hall–Kier alpha value is -0.0800. The Kier molecular flexibility index (Phi) is 5.50. The number of hydrogen-bond acceptors (Lipinski definition) is 2. The van der Waals surface area contributed by atoms with Crippen LogP contribution in [0.5, 0.6) is 0 Å². The summed E-state index contributed by atoms with van der Waals surface area (Å²) in [4.78, 5) is 2.64. The summed E-state index contributed by atoms with van der Waals surface area (Å²) in [6.45, 7) is 5.90. The van der Waals surface area contributed by atoms with Crippen molar-refractivity contribution >= 4 is 0 Å². The number of nitrogens with one attached hydrogen (secondary N) is 1. The minimum atomic E-state index is 0.717. The maximum Gasteiger partial charge on any atom is 0.00988 e. The Balaban J connectivity index is 1.62. The van der Waals surface area contributed by atoms with Crippen LogP contribution in [0.2, 0.25) is 0 Å². The highest BCUT2D eigenvalue weighted by atomic mass is 15.2. The molecule has 0 aromatic carbocycles. The molecule has 106 valence electrons. The fourth-order valence-corrected chi connectivity index (χ4v) is 3.86. The lowest BCUT2D eigenvalue weighted by Gasteiger charge is -2.36. The standard InChI is InChI=1S/C16H32N2/c1-4-5-6-7-13(2)17-12-14-10-15-8-9-16(11-14)18(15)3/h13-17H,4-12H2,1-3H3. The van der Waals surface area contributed by atoms with Crippen molar-refractivity contribution in [3.8, 4) is 0 Å². The van der Waals surface area contributed by atoms with Crippen LogP contribution in [0.15, 0.2) is 0 Å². The first kappa shape index (κ1) is 14.3. The van der Waals surface area contributed by atoms with Crippen molar-refractivity contribution in [1.82, 2.24) is 10.2 Å². The van der Waals surface area contributed by atoms with Crippen molar-refractivity contribution in [3.63, 3.8) is 0 Å². The summed E-state index contributed by atoms with van der Waals surface area (Å²) in [7, 11) is 2.33. The van der Waals surface area contributed by atoms with Crippen molar-refractivity contribution in [1.29, 1.82) is 0 Å². The molecular formula is C16H32N2. The molecule has 0 saturated carbocycles. The second-order valence-corrected chi connectivity index (χ2v) is 6.69. The highest BCUT2D eigenvalue weighted by Gasteiger charge is 2.38. The van der Waals surface area contributed by atoms with E-state index in [0.29, 0.717) is 6.04 Å². The van der Waals surface area contributed by atoms with Gasteiger partial charge in [-0.3, -0.25) is 0 Å². The van der Waals surface area contributed by atoms with Crippen LogP contribution in [0.3, 0.4) is 0 Å². The Morgan fingerprint density at radius 1 is 1.17 bits per heavy atom. The van der Waals surface area contributed by atoms with E-state index in [-0.39, 0.29) is 0 Å². The lowest BCUT2D eigenvalue weighted by molar-refractivity contribution is 0.131. The van der Waals surface area contributed by atoms with Crippen LogP contribution in [0.4, 0.5) is 0 Å². The molecule has 0 radical (unpaired) electrons. The van der Waals surface area contributed by atoms with Crippen LogP contribution < -0.4 is 5.32 Å². The van der Waals surface area contributed by atoms with Gasteiger partial charge in [0.05, 0.1) is 0 Å². The molecule has 1 N–H and O–H groups in total. The predicted molar refractivity (Wildman–Crippen MR) is 78.9 cm³/mol. The van der Waals surface area contributed by atoms with E-state index in [1.54, 1.807) is 0 Å². The summed E-state index contributed by atoms with van der Waals surface area (Å²) in [5.74, 6) is 0.937. The topological polar surface area (TPSA) is 15.3 Å². The van der Waals surface area contributed by atoms with Crippen molar-refractivity contribution in [2.24, 2.45) is 5.92 Å². The van der Waals surface area contributed by atoms with Gasteiger partial charge < -0.3 is 10.2 Å². The number of nitrogens with zero attached hydrogens (tertiary/aromatic N) is 1. The summed E-state index contributed by atoms with van der Waals surface area (Å²) >= 11 is 0. The third kappa shape index (κ3) is 3.71. The first-order valence-corrected chi connectivity index (χ1v) is 8.16. The van der Waals surface area contributed by atoms with Crippen LogP contribution in [-0.4, -0.2) is 36.6 Å². The van der Waals surface area contributed by atoms with Gasteiger partial charge in [0.15, 0.2) is 0 Å². The van der Waals surface area contributed by atoms with Gasteiger partial charge in [0.25, 0.3) is 0 Å². The van der Waals surface area contributed by atoms with Crippen molar-refractivity contribution in [3.05, 3.63) is 0 Å². The minimum absolute atomic E-state index is 0.717. The number of hydrogen-bond donors (Lipinski definition) is 1. The Labute approximate surface area is 114 Å². The van der Waals surface area contributed by atoms with E-state index in [0.717, 1.165) is 18.0 Å². The maximum absolute atomic E-state index is 3.78. The largest absolute Gasteiger partial charge is 0.314 e. The van der Waals surface area contributed by atoms with Gasteiger partial charge in [-0.25, -0.2) is 0 Å². The molecule has 0 amide bonds. The van der Waals surface area contributed by atoms with E-state index in [4.69, 9.17) is 0 Å². The highest BCUT2D eigenvalue weighted by molar-refractivity contribution is 4.93. The summed E-state index contributed by atoms with van der Waals surface area (Å²) in [6.07, 6.45) is 11.2. The van der Waals surface area contributed by atoms with Crippen molar-refractivity contribution in [2.45, 2.75) is 83.3 Å². The minimum Gasteiger partial charge on any atom is -0.314 e. The fraction of sp³-hybridized carbons (Fsp3) is 1.00. The van der Waals surface area contributed by atoms with E-state index >= 15 is 0 Å². The molecule has 2 rings (SSSR count). The van der Waals surface area contributed by atoms with E-state index in [1.807, 2.05) is 0 Å². The number of rotatable bonds is 7. The van der Waals surface area contributed by atoms with Crippen LogP contribution >= 0.6 is 0 Å². The molecule has 2 bridgehead atoms. The van der Waals surface area contributed by atoms with Crippen molar-refractivity contribution in [2.75, 3.05) is 13.6 Å². The second-order valence-electron chi connectivity index (χ2n) is 6.69. The summed E-state index contributed by atoms with van der Waals surface area (Å²) in [6, 6.07) is 2.51. The molecule has 0 aromatic heterocycles. The quantitative estimate of drug-likeness (QED) is 0.699. The van der Waals surface area contributed by atoms with Crippen molar-refractivity contribution < 1.29 is 0 Å². The van der Waals surface area contributed by atoms with E-state index in [9.17, 15) is 0 Å². The zero-order chi connectivity index (χ0) is 13.0. The predicted octanol–water partition coefficient (Wildman–Crippen LogP) is 3.42. The molecule has 2 heteroatoms. The van der Waals surface area contributed by atoms with E-state index in [2.05, 4.69) is 31.1 Å². The zero-order valence-electron chi connectivity index (χ0n) is 12.6. The average molecular weight is 252 g/mol. The first-order valence-electron chi connectivity index (χ1n) is 8.16. The summed E-state index contributed by atoms with van der Waals surface area (Å²) in [5.41, 5.74) is 0. The Bertz CT molecular complexity index is 227. The van der Waals surface area contributed by atoms with Gasteiger partial charge >= 0.3 is 0 Å². The normalized spacial score (nSPS) is 33.8. The molecule has 3 atom stereocenters.